The molecule has 0 aliphatic carbocycles. The van der Waals surface area contributed by atoms with Gasteiger partial charge in [-0.2, -0.15) is 0 Å². The maximum atomic E-state index is 12.8. The van der Waals surface area contributed by atoms with Crippen LogP contribution in [0.15, 0.2) is 11.4 Å². The van der Waals surface area contributed by atoms with Crippen molar-refractivity contribution in [2.24, 2.45) is 0 Å². The Morgan fingerprint density at radius 2 is 2.30 bits per heavy atom. The lowest BCUT2D eigenvalue weighted by Gasteiger charge is -2.30. The summed E-state index contributed by atoms with van der Waals surface area (Å²) in [5, 5.41) is 10.9. The molecule has 108 valence electrons. The molecule has 0 bridgehead atoms. The van der Waals surface area contributed by atoms with Crippen molar-refractivity contribution < 1.29 is 14.7 Å². The number of aryl methyl sites for hydroxylation is 1. The minimum absolute atomic E-state index is 0.0691. The fourth-order valence-electron chi connectivity index (χ4n) is 3.04. The van der Waals surface area contributed by atoms with Crippen LogP contribution < -0.4 is 0 Å². The lowest BCUT2D eigenvalue weighted by molar-refractivity contribution is -0.139. The lowest BCUT2D eigenvalue weighted by atomic mass is 10.1. The van der Waals surface area contributed by atoms with Gasteiger partial charge in [-0.25, -0.2) is 0 Å². The molecule has 0 radical (unpaired) electrons. The summed E-state index contributed by atoms with van der Waals surface area (Å²) >= 11 is 3.42. The first-order valence-corrected chi connectivity index (χ1v) is 8.80. The van der Waals surface area contributed by atoms with Crippen LogP contribution in [0.5, 0.6) is 0 Å². The molecule has 6 heteroatoms. The van der Waals surface area contributed by atoms with E-state index in [1.54, 1.807) is 28.0 Å². The van der Waals surface area contributed by atoms with E-state index in [2.05, 4.69) is 11.4 Å². The van der Waals surface area contributed by atoms with E-state index in [-0.39, 0.29) is 23.6 Å². The Morgan fingerprint density at radius 1 is 1.45 bits per heavy atom. The summed E-state index contributed by atoms with van der Waals surface area (Å²) in [6.07, 6.45) is 2.84. The molecule has 1 aromatic heterocycles. The molecule has 2 aliphatic heterocycles. The van der Waals surface area contributed by atoms with Gasteiger partial charge in [0.2, 0.25) is 5.91 Å². The first-order chi connectivity index (χ1) is 9.66. The first kappa shape index (κ1) is 13.9. The van der Waals surface area contributed by atoms with Gasteiger partial charge in [-0.1, -0.05) is 0 Å². The Labute approximate surface area is 126 Å². The van der Waals surface area contributed by atoms with Crippen molar-refractivity contribution in [3.8, 4) is 0 Å². The number of fused-ring (bicyclic) bond motifs is 1. The molecule has 3 heterocycles. The Kier molecular flexibility index (Phi) is 4.03. The van der Waals surface area contributed by atoms with Crippen molar-refractivity contribution in [2.45, 2.75) is 37.0 Å². The van der Waals surface area contributed by atoms with Gasteiger partial charge in [0.15, 0.2) is 0 Å². The predicted molar refractivity (Wildman–Crippen MR) is 80.2 cm³/mol. The zero-order valence-corrected chi connectivity index (χ0v) is 12.7. The molecule has 1 aromatic rings. The van der Waals surface area contributed by atoms with E-state index in [1.807, 2.05) is 0 Å². The van der Waals surface area contributed by atoms with Crippen LogP contribution >= 0.6 is 23.1 Å². The monoisotopic (exact) mass is 311 g/mol. The van der Waals surface area contributed by atoms with Crippen LogP contribution in [0.3, 0.4) is 0 Å². The molecule has 1 amide bonds. The van der Waals surface area contributed by atoms with Gasteiger partial charge < -0.3 is 10.0 Å². The number of aliphatic carboxylic acids is 1. The van der Waals surface area contributed by atoms with Crippen LogP contribution in [0.2, 0.25) is 0 Å². The first-order valence-electron chi connectivity index (χ1n) is 6.87. The summed E-state index contributed by atoms with van der Waals surface area (Å²) in [7, 11) is 0. The summed E-state index contributed by atoms with van der Waals surface area (Å²) in [6.45, 7) is 0.702. The molecule has 2 unspecified atom stereocenters. The quantitative estimate of drug-likeness (QED) is 0.932. The number of amides is 1. The molecule has 1 saturated heterocycles. The van der Waals surface area contributed by atoms with E-state index in [1.165, 1.54) is 4.88 Å². The van der Waals surface area contributed by atoms with Crippen molar-refractivity contribution in [1.29, 1.82) is 0 Å². The molecule has 3 rings (SSSR count). The molecule has 0 spiro atoms. The summed E-state index contributed by atoms with van der Waals surface area (Å²) in [4.78, 5) is 26.8. The zero-order valence-electron chi connectivity index (χ0n) is 11.1. The molecule has 1 N–H and O–H groups in total. The van der Waals surface area contributed by atoms with Gasteiger partial charge in [-0.3, -0.25) is 9.59 Å². The van der Waals surface area contributed by atoms with Crippen LogP contribution in [0.25, 0.3) is 0 Å². The topological polar surface area (TPSA) is 57.6 Å². The summed E-state index contributed by atoms with van der Waals surface area (Å²) in [6, 6.07) is 1.93. The minimum atomic E-state index is -0.817. The van der Waals surface area contributed by atoms with Gasteiger partial charge in [-0.05, 0) is 42.0 Å². The van der Waals surface area contributed by atoms with E-state index < -0.39 is 5.97 Å². The van der Waals surface area contributed by atoms with Crippen LogP contribution in [0, 0.1) is 0 Å². The molecule has 0 saturated carbocycles. The average molecular weight is 311 g/mol. The highest BCUT2D eigenvalue weighted by Crippen LogP contribution is 2.41. The van der Waals surface area contributed by atoms with Gasteiger partial charge in [-0.15, -0.1) is 23.1 Å². The molecule has 4 nitrogen and oxygen atoms in total. The number of thioether (sulfide) groups is 1. The number of thiophene rings is 1. The largest absolute Gasteiger partial charge is 0.481 e. The fourth-order valence-corrected chi connectivity index (χ4v) is 5.40. The van der Waals surface area contributed by atoms with Crippen LogP contribution in [0.1, 0.15) is 35.0 Å². The Morgan fingerprint density at radius 3 is 3.10 bits per heavy atom. The molecule has 2 aliphatic rings. The lowest BCUT2D eigenvalue weighted by Crippen LogP contribution is -2.39. The fraction of sp³-hybridized carbons (Fsp3) is 0.571. The highest BCUT2D eigenvalue weighted by Gasteiger charge is 2.37. The molecule has 2 atom stereocenters. The molecular formula is C14H17NO3S2. The maximum absolute atomic E-state index is 12.8. The Hall–Kier alpha value is -1.01. The van der Waals surface area contributed by atoms with Crippen molar-refractivity contribution in [1.82, 2.24) is 4.90 Å². The minimum Gasteiger partial charge on any atom is -0.481 e. The Balaban J connectivity index is 1.78. The van der Waals surface area contributed by atoms with Gasteiger partial charge in [0.25, 0.3) is 0 Å². The third-order valence-corrected chi connectivity index (χ3v) is 6.20. The second-order valence-electron chi connectivity index (χ2n) is 5.23. The van der Waals surface area contributed by atoms with Crippen molar-refractivity contribution in [3.63, 3.8) is 0 Å². The summed E-state index contributed by atoms with van der Waals surface area (Å²) in [5.74, 6) is 0.266. The number of carboxylic acids is 1. The number of rotatable bonds is 3. The van der Waals surface area contributed by atoms with Crippen molar-refractivity contribution in [2.75, 3.05) is 12.3 Å². The van der Waals surface area contributed by atoms with Crippen molar-refractivity contribution >= 4 is 35.0 Å². The second kappa shape index (κ2) is 5.77. The number of nitrogens with zero attached hydrogens (tertiary/aromatic N) is 1. The van der Waals surface area contributed by atoms with Gasteiger partial charge >= 0.3 is 5.97 Å². The highest BCUT2D eigenvalue weighted by molar-refractivity contribution is 8.00. The molecule has 1 fully saturated rings. The average Bonchev–Trinajstić information content (AvgIpc) is 3.05. The normalized spacial score (nSPS) is 25.5. The third-order valence-electron chi connectivity index (χ3n) is 3.97. The van der Waals surface area contributed by atoms with E-state index in [4.69, 9.17) is 5.11 Å². The second-order valence-corrected chi connectivity index (χ2v) is 7.44. The number of carbonyl (C=O) groups excluding carboxylic acids is 1. The van der Waals surface area contributed by atoms with Crippen LogP contribution in [-0.4, -0.2) is 40.2 Å². The number of carbonyl (C=O) groups is 2. The van der Waals surface area contributed by atoms with E-state index in [9.17, 15) is 9.59 Å². The highest BCUT2D eigenvalue weighted by atomic mass is 32.2. The maximum Gasteiger partial charge on any atom is 0.305 e. The predicted octanol–water partition coefficient (Wildman–Crippen LogP) is 2.54. The van der Waals surface area contributed by atoms with E-state index >= 15 is 0 Å². The van der Waals surface area contributed by atoms with Gasteiger partial charge in [0, 0.05) is 17.5 Å². The van der Waals surface area contributed by atoms with Crippen LogP contribution in [0.4, 0.5) is 0 Å². The number of carboxylic acid groups (broad SMARTS) is 1. The van der Waals surface area contributed by atoms with E-state index in [0.29, 0.717) is 6.54 Å². The van der Waals surface area contributed by atoms with Crippen molar-refractivity contribution in [3.05, 3.63) is 21.9 Å². The molecule has 0 aromatic carbocycles. The summed E-state index contributed by atoms with van der Waals surface area (Å²) in [5.41, 5.74) is 1.15. The van der Waals surface area contributed by atoms with Crippen LogP contribution in [-0.2, 0) is 16.0 Å². The number of hydrogen-bond donors (Lipinski definition) is 1. The number of hydrogen-bond acceptors (Lipinski definition) is 4. The molecular weight excluding hydrogens is 294 g/mol. The smallest absolute Gasteiger partial charge is 0.305 e. The SMILES string of the molecule is O=C(O)CC1CCCN1C(=O)C1SCCc2sccc21. The number of likely N-dealkylation sites (tertiary alicyclic amines) is 1. The zero-order chi connectivity index (χ0) is 14.1. The van der Waals surface area contributed by atoms with Gasteiger partial charge in [0.05, 0.1) is 6.42 Å². The Bertz CT molecular complexity index is 528. The summed E-state index contributed by atoms with van der Waals surface area (Å²) < 4.78 is 0. The van der Waals surface area contributed by atoms with Gasteiger partial charge in [0.1, 0.15) is 5.25 Å². The molecule has 20 heavy (non-hydrogen) atoms. The third kappa shape index (κ3) is 2.59. The standard InChI is InChI=1S/C14H17NO3S2/c16-12(17)8-9-2-1-5-15(9)14(18)13-10-3-6-19-11(10)4-7-20-13/h3,6,9,13H,1-2,4-5,7-8H2,(H,16,17). The van der Waals surface area contributed by atoms with E-state index in [0.717, 1.165) is 30.6 Å².